The molecule has 0 atom stereocenters. The van der Waals surface area contributed by atoms with Crippen molar-refractivity contribution in [2.24, 2.45) is 0 Å². The molecule has 6 nitrogen and oxygen atoms in total. The summed E-state index contributed by atoms with van der Waals surface area (Å²) in [5.74, 6) is 0.139. The van der Waals surface area contributed by atoms with Crippen molar-refractivity contribution < 1.29 is 4.39 Å². The maximum absolute atomic E-state index is 13.4. The zero-order valence-corrected chi connectivity index (χ0v) is 10.8. The van der Waals surface area contributed by atoms with Crippen LogP contribution in [0.5, 0.6) is 0 Å². The Balaban J connectivity index is 2.08. The Hall–Kier alpha value is -1.96. The molecule has 0 bridgehead atoms. The molecule has 0 aliphatic carbocycles. The number of nitrogen functional groups attached to an aromatic ring is 1. The van der Waals surface area contributed by atoms with Gasteiger partial charge in [0.05, 0.1) is 18.4 Å². The predicted octanol–water partition coefficient (Wildman–Crippen LogP) is 1.33. The summed E-state index contributed by atoms with van der Waals surface area (Å²) in [7, 11) is 3.44. The lowest BCUT2D eigenvalue weighted by molar-refractivity contribution is 0.612. The van der Waals surface area contributed by atoms with Gasteiger partial charge in [-0.2, -0.15) is 4.98 Å². The quantitative estimate of drug-likeness (QED) is 0.871. The summed E-state index contributed by atoms with van der Waals surface area (Å²) in [4.78, 5) is 13.6. The third-order valence-electron chi connectivity index (χ3n) is 2.15. The minimum absolute atomic E-state index is 0.241. The number of nitrogens with one attached hydrogen (secondary N) is 1. The van der Waals surface area contributed by atoms with Crippen molar-refractivity contribution in [2.45, 2.75) is 6.54 Å². The highest BCUT2D eigenvalue weighted by atomic mass is 32.1. The van der Waals surface area contributed by atoms with Gasteiger partial charge in [-0.25, -0.2) is 14.4 Å². The highest BCUT2D eigenvalue weighted by Crippen LogP contribution is 2.16. The van der Waals surface area contributed by atoms with E-state index in [0.717, 1.165) is 11.9 Å². The van der Waals surface area contributed by atoms with E-state index in [2.05, 4.69) is 20.3 Å². The van der Waals surface area contributed by atoms with Gasteiger partial charge < -0.3 is 16.0 Å². The van der Waals surface area contributed by atoms with Crippen LogP contribution in [0.2, 0.25) is 0 Å². The average Bonchev–Trinajstić information content (AvgIpc) is 2.74. The highest BCUT2D eigenvalue weighted by Gasteiger charge is 2.08. The summed E-state index contributed by atoms with van der Waals surface area (Å²) in [5.41, 5.74) is 6.33. The fraction of sp³-hybridized carbons (Fsp3) is 0.300. The smallest absolute Gasteiger partial charge is 0.225 e. The third-order valence-corrected chi connectivity index (χ3v) is 2.87. The van der Waals surface area contributed by atoms with E-state index in [9.17, 15) is 4.39 Å². The van der Waals surface area contributed by atoms with Crippen LogP contribution in [-0.2, 0) is 6.54 Å². The summed E-state index contributed by atoms with van der Waals surface area (Å²) in [6, 6.07) is 0. The van der Waals surface area contributed by atoms with Crippen LogP contribution in [0.25, 0.3) is 0 Å². The molecule has 0 saturated heterocycles. The van der Waals surface area contributed by atoms with Gasteiger partial charge in [0.2, 0.25) is 5.95 Å². The summed E-state index contributed by atoms with van der Waals surface area (Å²) >= 11 is 1.37. The van der Waals surface area contributed by atoms with Crippen molar-refractivity contribution in [2.75, 3.05) is 30.0 Å². The van der Waals surface area contributed by atoms with Gasteiger partial charge in [0.25, 0.3) is 0 Å². The Morgan fingerprint density at radius 2 is 2.22 bits per heavy atom. The van der Waals surface area contributed by atoms with E-state index >= 15 is 0 Å². The number of rotatable bonds is 4. The Kier molecular flexibility index (Phi) is 3.56. The Morgan fingerprint density at radius 3 is 2.83 bits per heavy atom. The van der Waals surface area contributed by atoms with Gasteiger partial charge in [-0.3, -0.25) is 0 Å². The molecular formula is C10H13FN6S. The molecule has 2 aromatic heterocycles. The summed E-state index contributed by atoms with van der Waals surface area (Å²) in [5, 5.41) is 5.33. The third kappa shape index (κ3) is 2.83. The number of nitrogens with two attached hydrogens (primary N) is 1. The van der Waals surface area contributed by atoms with Crippen LogP contribution in [0.3, 0.4) is 0 Å². The lowest BCUT2D eigenvalue weighted by Gasteiger charge is -2.13. The molecule has 2 aromatic rings. The van der Waals surface area contributed by atoms with Gasteiger partial charge in [0.15, 0.2) is 16.8 Å². The van der Waals surface area contributed by atoms with Gasteiger partial charge >= 0.3 is 0 Å². The van der Waals surface area contributed by atoms with Crippen molar-refractivity contribution in [1.82, 2.24) is 15.0 Å². The molecule has 0 aliphatic rings. The van der Waals surface area contributed by atoms with E-state index in [4.69, 9.17) is 5.73 Å². The highest BCUT2D eigenvalue weighted by molar-refractivity contribution is 7.13. The summed E-state index contributed by atoms with van der Waals surface area (Å²) < 4.78 is 13.4. The van der Waals surface area contributed by atoms with Crippen molar-refractivity contribution in [3.8, 4) is 0 Å². The average molecular weight is 268 g/mol. The first kappa shape index (κ1) is 12.5. The van der Waals surface area contributed by atoms with Gasteiger partial charge in [-0.05, 0) is 0 Å². The molecule has 0 aliphatic heterocycles. The molecule has 0 spiro atoms. The van der Waals surface area contributed by atoms with Gasteiger partial charge in [0.1, 0.15) is 0 Å². The number of anilines is 3. The van der Waals surface area contributed by atoms with Crippen LogP contribution < -0.4 is 16.0 Å². The summed E-state index contributed by atoms with van der Waals surface area (Å²) in [6.45, 7) is 0.451. The van der Waals surface area contributed by atoms with Crippen LogP contribution in [0.4, 0.5) is 21.3 Å². The molecule has 2 rings (SSSR count). The Labute approximate surface area is 108 Å². The number of hydrogen-bond acceptors (Lipinski definition) is 7. The van der Waals surface area contributed by atoms with Crippen LogP contribution in [0.1, 0.15) is 5.69 Å². The number of aromatic nitrogens is 3. The van der Waals surface area contributed by atoms with E-state index in [-0.39, 0.29) is 5.82 Å². The number of halogens is 1. The Morgan fingerprint density at radius 1 is 1.44 bits per heavy atom. The lowest BCUT2D eigenvalue weighted by atomic mass is 10.5. The molecule has 3 N–H and O–H groups in total. The van der Waals surface area contributed by atoms with Crippen LogP contribution in [0.15, 0.2) is 11.6 Å². The molecule has 8 heteroatoms. The monoisotopic (exact) mass is 268 g/mol. The number of thiazole rings is 1. The zero-order valence-electron chi connectivity index (χ0n) is 10.0. The first-order valence-electron chi connectivity index (χ1n) is 5.20. The second-order valence-electron chi connectivity index (χ2n) is 3.79. The molecule has 0 saturated carbocycles. The molecule has 0 amide bonds. The minimum atomic E-state index is -0.455. The van der Waals surface area contributed by atoms with Gasteiger partial charge in [-0.15, -0.1) is 11.3 Å². The topological polar surface area (TPSA) is 80.0 Å². The fourth-order valence-corrected chi connectivity index (χ4v) is 1.89. The second kappa shape index (κ2) is 5.13. The van der Waals surface area contributed by atoms with E-state index in [1.165, 1.54) is 11.3 Å². The molecule has 0 aromatic carbocycles. The van der Waals surface area contributed by atoms with E-state index in [0.29, 0.717) is 17.6 Å². The van der Waals surface area contributed by atoms with E-state index in [1.54, 1.807) is 19.0 Å². The number of hydrogen-bond donors (Lipinski definition) is 2. The van der Waals surface area contributed by atoms with Gasteiger partial charge in [0, 0.05) is 19.5 Å². The maximum Gasteiger partial charge on any atom is 0.225 e. The fourth-order valence-electron chi connectivity index (χ4n) is 1.33. The largest absolute Gasteiger partial charge is 0.375 e. The van der Waals surface area contributed by atoms with E-state index in [1.807, 2.05) is 5.38 Å². The normalized spacial score (nSPS) is 10.4. The molecule has 2 heterocycles. The predicted molar refractivity (Wildman–Crippen MR) is 70.2 cm³/mol. The molecule has 96 valence electrons. The number of nitrogens with zero attached hydrogens (tertiary/aromatic N) is 4. The molecular weight excluding hydrogens is 255 g/mol. The standard InChI is InChI=1S/C10H13FN6S/c1-17(2)8-7(11)4-14-10(16-8)13-3-6-5-18-9(12)15-6/h4-5H,3H2,1-2H3,(H2,12,15)(H,13,14,16). The van der Waals surface area contributed by atoms with E-state index < -0.39 is 5.82 Å². The molecule has 0 fully saturated rings. The van der Waals surface area contributed by atoms with Crippen molar-refractivity contribution in [1.29, 1.82) is 0 Å². The first-order valence-corrected chi connectivity index (χ1v) is 6.08. The van der Waals surface area contributed by atoms with Crippen molar-refractivity contribution in [3.05, 3.63) is 23.1 Å². The Bertz CT molecular complexity index is 541. The van der Waals surface area contributed by atoms with Gasteiger partial charge in [-0.1, -0.05) is 0 Å². The van der Waals surface area contributed by atoms with Crippen molar-refractivity contribution >= 4 is 28.2 Å². The van der Waals surface area contributed by atoms with Crippen LogP contribution in [0, 0.1) is 5.82 Å². The van der Waals surface area contributed by atoms with Crippen molar-refractivity contribution in [3.63, 3.8) is 0 Å². The summed E-state index contributed by atoms with van der Waals surface area (Å²) in [6.07, 6.45) is 1.14. The zero-order chi connectivity index (χ0) is 13.1. The second-order valence-corrected chi connectivity index (χ2v) is 4.68. The molecule has 0 unspecified atom stereocenters. The molecule has 0 radical (unpaired) electrons. The maximum atomic E-state index is 13.4. The first-order chi connectivity index (χ1) is 8.56. The van der Waals surface area contributed by atoms with Crippen LogP contribution >= 0.6 is 11.3 Å². The SMILES string of the molecule is CN(C)c1nc(NCc2csc(N)n2)ncc1F. The molecule has 18 heavy (non-hydrogen) atoms. The minimum Gasteiger partial charge on any atom is -0.375 e. The van der Waals surface area contributed by atoms with Crippen LogP contribution in [-0.4, -0.2) is 29.0 Å². The lowest BCUT2D eigenvalue weighted by Crippen LogP contribution is -2.15.